The van der Waals surface area contributed by atoms with Crippen LogP contribution in [0.4, 0.5) is 15.9 Å². The molecule has 2 aromatic carbocycles. The van der Waals surface area contributed by atoms with Gasteiger partial charge in [0.25, 0.3) is 11.6 Å². The molecule has 174 valence electrons. The summed E-state index contributed by atoms with van der Waals surface area (Å²) in [7, 11) is 0. The van der Waals surface area contributed by atoms with Crippen LogP contribution >= 0.6 is 0 Å². The van der Waals surface area contributed by atoms with Gasteiger partial charge < -0.3 is 14.5 Å². The minimum Gasteiger partial charge on any atom is -0.378 e. The van der Waals surface area contributed by atoms with Crippen molar-refractivity contribution < 1.29 is 18.8 Å². The van der Waals surface area contributed by atoms with Gasteiger partial charge in [-0.1, -0.05) is 0 Å². The second-order valence-corrected chi connectivity index (χ2v) is 8.18. The maximum atomic E-state index is 13.4. The monoisotopic (exact) mass is 463 g/mol. The number of morpholine rings is 1. The number of anilines is 1. The van der Waals surface area contributed by atoms with Crippen LogP contribution in [0.3, 0.4) is 0 Å². The van der Waals surface area contributed by atoms with Crippen molar-refractivity contribution >= 4 is 17.4 Å². The second kappa shape index (κ2) is 9.14. The normalized spacial score (nSPS) is 15.7. The molecule has 2 aliphatic heterocycles. The van der Waals surface area contributed by atoms with Gasteiger partial charge in [0.05, 0.1) is 30.4 Å². The summed E-state index contributed by atoms with van der Waals surface area (Å²) in [5.74, 6) is 0.760. The Morgan fingerprint density at radius 3 is 2.38 bits per heavy atom. The van der Waals surface area contributed by atoms with Crippen molar-refractivity contribution in [3.63, 3.8) is 0 Å². The maximum absolute atomic E-state index is 13.4. The average Bonchev–Trinajstić information content (AvgIpc) is 2.88. The first kappa shape index (κ1) is 21.9. The lowest BCUT2D eigenvalue weighted by atomic mass is 10.0. The first-order chi connectivity index (χ1) is 16.5. The summed E-state index contributed by atoms with van der Waals surface area (Å²) in [4.78, 5) is 37.0. The van der Waals surface area contributed by atoms with Gasteiger partial charge in [-0.05, 0) is 36.4 Å². The van der Waals surface area contributed by atoms with E-state index in [9.17, 15) is 19.3 Å². The molecule has 1 fully saturated rings. The highest BCUT2D eigenvalue weighted by molar-refractivity contribution is 5.94. The fourth-order valence-electron chi connectivity index (χ4n) is 4.24. The summed E-state index contributed by atoms with van der Waals surface area (Å²) in [6.07, 6.45) is 0.544. The molecular weight excluding hydrogens is 441 g/mol. The fraction of sp³-hybridized carbons (Fsp3) is 0.292. The molecule has 5 rings (SSSR count). The van der Waals surface area contributed by atoms with E-state index in [1.54, 1.807) is 17.0 Å². The minimum absolute atomic E-state index is 0.0585. The molecule has 10 heteroatoms. The Hall–Kier alpha value is -3.92. The number of hydrogen-bond donors (Lipinski definition) is 0. The number of nitro benzene ring substituents is 1. The molecule has 2 aliphatic rings. The molecule has 0 atom stereocenters. The maximum Gasteiger partial charge on any atom is 0.269 e. The van der Waals surface area contributed by atoms with Crippen molar-refractivity contribution in [2.45, 2.75) is 13.0 Å². The third-order valence-electron chi connectivity index (χ3n) is 6.06. The summed E-state index contributed by atoms with van der Waals surface area (Å²) in [6.45, 7) is 3.30. The molecule has 1 saturated heterocycles. The van der Waals surface area contributed by atoms with Gasteiger partial charge in [-0.3, -0.25) is 14.9 Å². The van der Waals surface area contributed by atoms with E-state index in [1.165, 1.54) is 36.4 Å². The first-order valence-corrected chi connectivity index (χ1v) is 11.0. The van der Waals surface area contributed by atoms with E-state index in [1.807, 2.05) is 0 Å². The van der Waals surface area contributed by atoms with Crippen molar-refractivity contribution in [3.8, 4) is 11.4 Å². The van der Waals surface area contributed by atoms with Crippen LogP contribution in [0.5, 0.6) is 0 Å². The van der Waals surface area contributed by atoms with Crippen LogP contribution in [-0.2, 0) is 17.7 Å². The van der Waals surface area contributed by atoms with E-state index < -0.39 is 4.92 Å². The summed E-state index contributed by atoms with van der Waals surface area (Å²) >= 11 is 0. The molecule has 0 saturated carbocycles. The lowest BCUT2D eigenvalue weighted by Gasteiger charge is -2.34. The number of ether oxygens (including phenoxy) is 1. The number of rotatable bonds is 4. The molecular formula is C24H22FN5O4. The van der Waals surface area contributed by atoms with E-state index >= 15 is 0 Å². The fourth-order valence-corrected chi connectivity index (χ4v) is 4.24. The molecule has 0 aliphatic carbocycles. The van der Waals surface area contributed by atoms with Crippen molar-refractivity contribution in [2.24, 2.45) is 0 Å². The number of aromatic nitrogens is 2. The number of amides is 1. The number of non-ortho nitro benzene ring substituents is 1. The van der Waals surface area contributed by atoms with E-state index in [0.717, 1.165) is 22.6 Å². The van der Waals surface area contributed by atoms with Gasteiger partial charge in [0.2, 0.25) is 0 Å². The summed E-state index contributed by atoms with van der Waals surface area (Å²) in [5.41, 5.74) is 2.81. The van der Waals surface area contributed by atoms with Crippen molar-refractivity contribution in [3.05, 3.63) is 81.3 Å². The van der Waals surface area contributed by atoms with Crippen LogP contribution in [0.2, 0.25) is 0 Å². The zero-order valence-corrected chi connectivity index (χ0v) is 18.3. The third kappa shape index (κ3) is 4.32. The zero-order chi connectivity index (χ0) is 23.7. The average molecular weight is 463 g/mol. The topological polar surface area (TPSA) is 102 Å². The Labute approximate surface area is 195 Å². The van der Waals surface area contributed by atoms with E-state index in [0.29, 0.717) is 57.2 Å². The van der Waals surface area contributed by atoms with Gasteiger partial charge >= 0.3 is 0 Å². The number of nitro groups is 1. The predicted molar refractivity (Wildman–Crippen MR) is 122 cm³/mol. The molecule has 0 spiro atoms. The van der Waals surface area contributed by atoms with Crippen LogP contribution in [-0.4, -0.2) is 58.5 Å². The van der Waals surface area contributed by atoms with Gasteiger partial charge in [0.15, 0.2) is 5.82 Å². The van der Waals surface area contributed by atoms with E-state index in [2.05, 4.69) is 4.90 Å². The van der Waals surface area contributed by atoms with Crippen LogP contribution in [0.25, 0.3) is 11.4 Å². The van der Waals surface area contributed by atoms with E-state index in [-0.39, 0.29) is 17.4 Å². The zero-order valence-electron chi connectivity index (χ0n) is 18.3. The number of nitrogens with zero attached hydrogens (tertiary/aromatic N) is 5. The number of halogens is 1. The van der Waals surface area contributed by atoms with Gasteiger partial charge in [0, 0.05) is 54.9 Å². The van der Waals surface area contributed by atoms with Crippen LogP contribution in [0, 0.1) is 15.9 Å². The molecule has 1 amide bonds. The summed E-state index contributed by atoms with van der Waals surface area (Å²) < 4.78 is 18.9. The standard InChI is InChI=1S/C24H22FN5O4/c25-18-5-1-16(2-6-18)22-26-21-9-10-29(24(31)17-3-7-19(8-4-17)30(32)33)15-20(21)23(27-22)28-11-13-34-14-12-28/h1-8H,9-15H2. The number of benzene rings is 2. The Morgan fingerprint density at radius 2 is 1.71 bits per heavy atom. The minimum atomic E-state index is -0.490. The lowest BCUT2D eigenvalue weighted by Crippen LogP contribution is -2.41. The Balaban J connectivity index is 1.48. The largest absolute Gasteiger partial charge is 0.378 e. The summed E-state index contributed by atoms with van der Waals surface area (Å²) in [5, 5.41) is 10.9. The SMILES string of the molecule is O=C(c1ccc([N+](=O)[O-])cc1)N1CCc2nc(-c3ccc(F)cc3)nc(N3CCOCC3)c2C1. The molecule has 0 unspecified atom stereocenters. The number of hydrogen-bond acceptors (Lipinski definition) is 7. The number of fused-ring (bicyclic) bond motifs is 1. The Morgan fingerprint density at radius 1 is 1.00 bits per heavy atom. The highest BCUT2D eigenvalue weighted by Gasteiger charge is 2.29. The Bertz CT molecular complexity index is 1230. The van der Waals surface area contributed by atoms with Gasteiger partial charge in [-0.2, -0.15) is 0 Å². The smallest absolute Gasteiger partial charge is 0.269 e. The van der Waals surface area contributed by atoms with Gasteiger partial charge in [-0.25, -0.2) is 14.4 Å². The van der Waals surface area contributed by atoms with Crippen molar-refractivity contribution in [1.29, 1.82) is 0 Å². The molecule has 9 nitrogen and oxygen atoms in total. The van der Waals surface area contributed by atoms with E-state index in [4.69, 9.17) is 14.7 Å². The van der Waals surface area contributed by atoms with Gasteiger partial charge in [-0.15, -0.1) is 0 Å². The molecule has 34 heavy (non-hydrogen) atoms. The van der Waals surface area contributed by atoms with Crippen molar-refractivity contribution in [2.75, 3.05) is 37.7 Å². The Kier molecular flexibility index (Phi) is 5.89. The number of carbonyl (C=O) groups excluding carboxylic acids is 1. The molecule has 0 bridgehead atoms. The van der Waals surface area contributed by atoms with Crippen LogP contribution in [0.1, 0.15) is 21.6 Å². The van der Waals surface area contributed by atoms with Crippen molar-refractivity contribution in [1.82, 2.24) is 14.9 Å². The molecule has 3 heterocycles. The molecule has 3 aromatic rings. The molecule has 0 radical (unpaired) electrons. The van der Waals surface area contributed by atoms with Crippen LogP contribution < -0.4 is 4.90 Å². The third-order valence-corrected chi connectivity index (χ3v) is 6.06. The highest BCUT2D eigenvalue weighted by atomic mass is 19.1. The lowest BCUT2D eigenvalue weighted by molar-refractivity contribution is -0.384. The highest BCUT2D eigenvalue weighted by Crippen LogP contribution is 2.31. The molecule has 1 aromatic heterocycles. The quantitative estimate of drug-likeness (QED) is 0.432. The second-order valence-electron chi connectivity index (χ2n) is 8.18. The summed E-state index contributed by atoms with van der Waals surface area (Å²) in [6, 6.07) is 11.7. The number of carbonyl (C=O) groups is 1. The van der Waals surface area contributed by atoms with Crippen LogP contribution in [0.15, 0.2) is 48.5 Å². The first-order valence-electron chi connectivity index (χ1n) is 11.0. The van der Waals surface area contributed by atoms with Gasteiger partial charge in [0.1, 0.15) is 11.6 Å². The molecule has 0 N–H and O–H groups in total. The predicted octanol–water partition coefficient (Wildman–Crippen LogP) is 3.23.